The smallest absolute Gasteiger partial charge is 0.109 e. The van der Waals surface area contributed by atoms with Gasteiger partial charge in [0.2, 0.25) is 0 Å². The lowest BCUT2D eigenvalue weighted by Crippen LogP contribution is -2.27. The molecule has 0 amide bonds. The Bertz CT molecular complexity index is 499. The van der Waals surface area contributed by atoms with Gasteiger partial charge in [0.05, 0.1) is 20.6 Å². The van der Waals surface area contributed by atoms with E-state index >= 15 is 0 Å². The van der Waals surface area contributed by atoms with Crippen molar-refractivity contribution in [2.45, 2.75) is 18.8 Å². The van der Waals surface area contributed by atoms with Crippen molar-refractivity contribution < 1.29 is 0 Å². The van der Waals surface area contributed by atoms with Crippen molar-refractivity contribution in [2.24, 2.45) is 0 Å². The average molecular weight is 312 g/mol. The molecule has 0 unspecified atom stereocenters. The van der Waals surface area contributed by atoms with E-state index in [4.69, 9.17) is 0 Å². The van der Waals surface area contributed by atoms with E-state index in [2.05, 4.69) is 43.3 Å². The van der Waals surface area contributed by atoms with Gasteiger partial charge in [-0.2, -0.15) is 0 Å². The lowest BCUT2D eigenvalue weighted by atomic mass is 9.98. The maximum absolute atomic E-state index is 4.53. The normalized spacial score (nSPS) is 17.5. The number of halogens is 1. The van der Waals surface area contributed by atoms with E-state index in [1.54, 1.807) is 11.3 Å². The fourth-order valence-electron chi connectivity index (χ4n) is 2.22. The SMILES string of the molecule is Brc1ccc(-c2cnc(C3CCNCC3)[nH]2)s1. The van der Waals surface area contributed by atoms with E-state index in [-0.39, 0.29) is 0 Å². The summed E-state index contributed by atoms with van der Waals surface area (Å²) in [6.45, 7) is 2.20. The first-order chi connectivity index (χ1) is 8.33. The maximum atomic E-state index is 4.53. The molecule has 2 aromatic heterocycles. The molecular formula is C12H14BrN3S. The predicted octanol–water partition coefficient (Wildman–Crippen LogP) is 3.37. The summed E-state index contributed by atoms with van der Waals surface area (Å²) in [6, 6.07) is 4.19. The Balaban J connectivity index is 1.82. The quantitative estimate of drug-likeness (QED) is 0.892. The Morgan fingerprint density at radius 3 is 2.82 bits per heavy atom. The van der Waals surface area contributed by atoms with Gasteiger partial charge in [0.25, 0.3) is 0 Å². The number of rotatable bonds is 2. The first-order valence-corrected chi connectivity index (χ1v) is 7.45. The van der Waals surface area contributed by atoms with E-state index in [1.807, 2.05) is 6.20 Å². The number of piperidine rings is 1. The van der Waals surface area contributed by atoms with Crippen LogP contribution in [0, 0.1) is 0 Å². The van der Waals surface area contributed by atoms with E-state index in [0.29, 0.717) is 5.92 Å². The van der Waals surface area contributed by atoms with Crippen LogP contribution in [0.15, 0.2) is 22.1 Å². The van der Waals surface area contributed by atoms with E-state index in [1.165, 1.54) is 17.7 Å². The molecule has 17 heavy (non-hydrogen) atoms. The largest absolute Gasteiger partial charge is 0.341 e. The van der Waals surface area contributed by atoms with Crippen LogP contribution in [0.5, 0.6) is 0 Å². The molecule has 1 fully saturated rings. The van der Waals surface area contributed by atoms with E-state index in [9.17, 15) is 0 Å². The minimum Gasteiger partial charge on any atom is -0.341 e. The second-order valence-electron chi connectivity index (χ2n) is 4.31. The van der Waals surface area contributed by atoms with Gasteiger partial charge in [0, 0.05) is 5.92 Å². The number of aromatic amines is 1. The van der Waals surface area contributed by atoms with Crippen molar-refractivity contribution in [1.82, 2.24) is 15.3 Å². The van der Waals surface area contributed by atoms with Crippen LogP contribution < -0.4 is 5.32 Å². The fourth-order valence-corrected chi connectivity index (χ4v) is 3.58. The van der Waals surface area contributed by atoms with Gasteiger partial charge in [-0.3, -0.25) is 0 Å². The minimum absolute atomic E-state index is 0.591. The Morgan fingerprint density at radius 1 is 1.29 bits per heavy atom. The highest BCUT2D eigenvalue weighted by atomic mass is 79.9. The van der Waals surface area contributed by atoms with Gasteiger partial charge in [-0.15, -0.1) is 11.3 Å². The van der Waals surface area contributed by atoms with Crippen molar-refractivity contribution in [1.29, 1.82) is 0 Å². The molecule has 3 heterocycles. The number of hydrogen-bond donors (Lipinski definition) is 2. The van der Waals surface area contributed by atoms with Crippen LogP contribution in [0.2, 0.25) is 0 Å². The zero-order valence-electron chi connectivity index (χ0n) is 9.37. The van der Waals surface area contributed by atoms with Crippen molar-refractivity contribution >= 4 is 27.3 Å². The molecule has 0 aliphatic carbocycles. The highest BCUT2D eigenvalue weighted by molar-refractivity contribution is 9.11. The van der Waals surface area contributed by atoms with Crippen molar-refractivity contribution in [3.05, 3.63) is 27.9 Å². The third kappa shape index (κ3) is 2.46. The molecule has 0 saturated carbocycles. The van der Waals surface area contributed by atoms with Gasteiger partial charge in [0.15, 0.2) is 0 Å². The summed E-state index contributed by atoms with van der Waals surface area (Å²) >= 11 is 5.22. The number of H-pyrrole nitrogens is 1. The third-order valence-electron chi connectivity index (χ3n) is 3.16. The summed E-state index contributed by atoms with van der Waals surface area (Å²) in [5, 5.41) is 3.38. The number of aromatic nitrogens is 2. The molecule has 1 aliphatic rings. The van der Waals surface area contributed by atoms with Gasteiger partial charge in [-0.1, -0.05) is 0 Å². The fraction of sp³-hybridized carbons (Fsp3) is 0.417. The topological polar surface area (TPSA) is 40.7 Å². The van der Waals surface area contributed by atoms with Gasteiger partial charge in [0.1, 0.15) is 5.82 Å². The van der Waals surface area contributed by atoms with Crippen molar-refractivity contribution in [2.75, 3.05) is 13.1 Å². The molecule has 3 rings (SSSR count). The molecule has 2 aromatic rings. The van der Waals surface area contributed by atoms with Crippen LogP contribution in [-0.2, 0) is 0 Å². The predicted molar refractivity (Wildman–Crippen MR) is 74.4 cm³/mol. The Hall–Kier alpha value is -0.650. The van der Waals surface area contributed by atoms with Gasteiger partial charge in [-0.05, 0) is 54.0 Å². The molecule has 2 N–H and O–H groups in total. The minimum atomic E-state index is 0.591. The van der Waals surface area contributed by atoms with Crippen molar-refractivity contribution in [3.8, 4) is 10.6 Å². The second kappa shape index (κ2) is 4.92. The molecule has 0 spiro atoms. The maximum Gasteiger partial charge on any atom is 0.109 e. The molecule has 0 bridgehead atoms. The molecule has 1 aliphatic heterocycles. The average Bonchev–Trinajstić information content (AvgIpc) is 2.98. The molecule has 90 valence electrons. The van der Waals surface area contributed by atoms with Gasteiger partial charge >= 0.3 is 0 Å². The Labute approximate surface area is 113 Å². The molecule has 0 aromatic carbocycles. The first kappa shape index (κ1) is 11.4. The monoisotopic (exact) mass is 311 g/mol. The van der Waals surface area contributed by atoms with Gasteiger partial charge in [-0.25, -0.2) is 4.98 Å². The molecule has 3 nitrogen and oxygen atoms in total. The highest BCUT2D eigenvalue weighted by Gasteiger charge is 2.18. The van der Waals surface area contributed by atoms with Crippen LogP contribution in [-0.4, -0.2) is 23.1 Å². The second-order valence-corrected chi connectivity index (χ2v) is 6.77. The molecule has 0 atom stereocenters. The zero-order chi connectivity index (χ0) is 11.7. The standard InChI is InChI=1S/C12H14BrN3S/c13-11-2-1-10(17-11)9-7-15-12(16-9)8-3-5-14-6-4-8/h1-2,7-8,14H,3-6H2,(H,15,16). The highest BCUT2D eigenvalue weighted by Crippen LogP contribution is 2.31. The lowest BCUT2D eigenvalue weighted by Gasteiger charge is -2.20. The summed E-state index contributed by atoms with van der Waals surface area (Å²) < 4.78 is 1.16. The molecule has 5 heteroatoms. The van der Waals surface area contributed by atoms with Crippen LogP contribution in [0.1, 0.15) is 24.6 Å². The summed E-state index contributed by atoms with van der Waals surface area (Å²) in [5.41, 5.74) is 1.13. The number of thiophene rings is 1. The molecule has 0 radical (unpaired) electrons. The van der Waals surface area contributed by atoms with Crippen LogP contribution in [0.4, 0.5) is 0 Å². The number of nitrogens with one attached hydrogen (secondary N) is 2. The number of hydrogen-bond acceptors (Lipinski definition) is 3. The third-order valence-corrected chi connectivity index (χ3v) is 4.82. The Kier molecular flexibility index (Phi) is 3.31. The lowest BCUT2D eigenvalue weighted by molar-refractivity contribution is 0.447. The summed E-state index contributed by atoms with van der Waals surface area (Å²) in [6.07, 6.45) is 4.32. The first-order valence-electron chi connectivity index (χ1n) is 5.84. The van der Waals surface area contributed by atoms with Crippen LogP contribution >= 0.6 is 27.3 Å². The van der Waals surface area contributed by atoms with E-state index < -0.39 is 0 Å². The molecule has 1 saturated heterocycles. The van der Waals surface area contributed by atoms with Crippen molar-refractivity contribution in [3.63, 3.8) is 0 Å². The summed E-state index contributed by atoms with van der Waals surface area (Å²) in [4.78, 5) is 9.24. The van der Waals surface area contributed by atoms with Gasteiger partial charge < -0.3 is 10.3 Å². The summed E-state index contributed by atoms with van der Waals surface area (Å²) in [5.74, 6) is 1.74. The van der Waals surface area contributed by atoms with Crippen LogP contribution in [0.25, 0.3) is 10.6 Å². The number of nitrogens with zero attached hydrogens (tertiary/aromatic N) is 1. The van der Waals surface area contributed by atoms with Crippen LogP contribution in [0.3, 0.4) is 0 Å². The molecular weight excluding hydrogens is 298 g/mol. The zero-order valence-corrected chi connectivity index (χ0v) is 11.8. The number of imidazole rings is 1. The Morgan fingerprint density at radius 2 is 2.12 bits per heavy atom. The summed E-state index contributed by atoms with van der Waals surface area (Å²) in [7, 11) is 0. The van der Waals surface area contributed by atoms with E-state index in [0.717, 1.165) is 28.4 Å².